The molecule has 1 unspecified atom stereocenters. The lowest BCUT2D eigenvalue weighted by Gasteiger charge is -2.12. The second-order valence-electron chi connectivity index (χ2n) is 4.42. The van der Waals surface area contributed by atoms with Crippen molar-refractivity contribution in [3.05, 3.63) is 18.6 Å². The number of imidazole rings is 1. The van der Waals surface area contributed by atoms with Gasteiger partial charge in [0.05, 0.1) is 6.20 Å². The zero-order valence-electron chi connectivity index (χ0n) is 11.7. The van der Waals surface area contributed by atoms with Crippen molar-refractivity contribution >= 4 is 29.0 Å². The summed E-state index contributed by atoms with van der Waals surface area (Å²) in [4.78, 5) is 8.92. The minimum Gasteiger partial charge on any atom is -0.369 e. The molecule has 2 aromatic heterocycles. The highest BCUT2D eigenvalue weighted by molar-refractivity contribution is 7.99. The van der Waals surface area contributed by atoms with Gasteiger partial charge >= 0.3 is 0 Å². The van der Waals surface area contributed by atoms with Crippen LogP contribution in [0.4, 0.5) is 11.6 Å². The van der Waals surface area contributed by atoms with E-state index in [1.165, 1.54) is 0 Å². The van der Waals surface area contributed by atoms with Crippen LogP contribution < -0.4 is 10.6 Å². The number of hydrogen-bond donors (Lipinski definition) is 2. The highest BCUT2D eigenvalue weighted by atomic mass is 32.2. The Hall–Kier alpha value is -1.43. The topological polar surface area (TPSA) is 54.2 Å². The van der Waals surface area contributed by atoms with Crippen molar-refractivity contribution in [3.8, 4) is 0 Å². The molecule has 1 atom stereocenters. The lowest BCUT2D eigenvalue weighted by Crippen LogP contribution is -2.11. The summed E-state index contributed by atoms with van der Waals surface area (Å²) in [5.41, 5.74) is 0.874. The fourth-order valence-electron chi connectivity index (χ4n) is 1.83. The van der Waals surface area contributed by atoms with Gasteiger partial charge in [-0.15, -0.1) is 0 Å². The number of rotatable bonds is 7. The zero-order valence-corrected chi connectivity index (χ0v) is 12.5. The van der Waals surface area contributed by atoms with Crippen LogP contribution in [0, 0.1) is 0 Å². The molecule has 104 valence electrons. The first-order valence-electron chi connectivity index (χ1n) is 6.58. The van der Waals surface area contributed by atoms with Crippen LogP contribution in [0.25, 0.3) is 5.65 Å². The number of nitrogens with zero attached hydrogens (tertiary/aromatic N) is 3. The number of nitrogens with one attached hydrogen (secondary N) is 2. The Morgan fingerprint density at radius 2 is 2.26 bits per heavy atom. The first-order chi connectivity index (χ1) is 9.24. The zero-order chi connectivity index (χ0) is 13.7. The van der Waals surface area contributed by atoms with Crippen molar-refractivity contribution in [1.29, 1.82) is 0 Å². The van der Waals surface area contributed by atoms with Crippen LogP contribution in [0.15, 0.2) is 18.6 Å². The molecular weight excluding hydrogens is 258 g/mol. The average molecular weight is 279 g/mol. The Balaban J connectivity index is 2.13. The van der Waals surface area contributed by atoms with Crippen LogP contribution in [0.3, 0.4) is 0 Å². The minimum atomic E-state index is 0.653. The van der Waals surface area contributed by atoms with E-state index in [4.69, 9.17) is 0 Å². The van der Waals surface area contributed by atoms with E-state index in [-0.39, 0.29) is 0 Å². The minimum absolute atomic E-state index is 0.653. The summed E-state index contributed by atoms with van der Waals surface area (Å²) >= 11 is 1.88. The predicted octanol–water partition coefficient (Wildman–Crippen LogP) is 2.71. The summed E-state index contributed by atoms with van der Waals surface area (Å²) in [6.45, 7) is 6.07. The maximum Gasteiger partial charge on any atom is 0.180 e. The Labute approximate surface area is 118 Å². The molecule has 6 heteroatoms. The summed E-state index contributed by atoms with van der Waals surface area (Å²) in [6, 6.07) is 0. The quantitative estimate of drug-likeness (QED) is 0.816. The SMILES string of the molecule is CCNc1cn2ccnc2c(NCCC(C)SC)n1. The molecule has 0 aliphatic heterocycles. The van der Waals surface area contributed by atoms with Crippen molar-refractivity contribution < 1.29 is 0 Å². The van der Waals surface area contributed by atoms with E-state index in [0.29, 0.717) is 5.25 Å². The smallest absolute Gasteiger partial charge is 0.180 e. The van der Waals surface area contributed by atoms with Crippen LogP contribution >= 0.6 is 11.8 Å². The predicted molar refractivity (Wildman–Crippen MR) is 83.2 cm³/mol. The largest absolute Gasteiger partial charge is 0.369 e. The number of thioether (sulfide) groups is 1. The first-order valence-corrected chi connectivity index (χ1v) is 7.87. The van der Waals surface area contributed by atoms with Crippen LogP contribution in [0.1, 0.15) is 20.3 Å². The third-order valence-electron chi connectivity index (χ3n) is 2.98. The van der Waals surface area contributed by atoms with Crippen LogP contribution in [-0.2, 0) is 0 Å². The third-order valence-corrected chi connectivity index (χ3v) is 4.02. The van der Waals surface area contributed by atoms with Crippen molar-refractivity contribution in [2.75, 3.05) is 30.0 Å². The van der Waals surface area contributed by atoms with Gasteiger partial charge in [-0.25, -0.2) is 9.97 Å². The molecule has 2 rings (SSSR count). The third kappa shape index (κ3) is 3.53. The van der Waals surface area contributed by atoms with E-state index in [1.807, 2.05) is 28.6 Å². The molecule has 0 amide bonds. The van der Waals surface area contributed by atoms with Gasteiger partial charge in [0.1, 0.15) is 5.82 Å². The van der Waals surface area contributed by atoms with E-state index in [9.17, 15) is 0 Å². The van der Waals surface area contributed by atoms with Crippen molar-refractivity contribution in [2.45, 2.75) is 25.5 Å². The fraction of sp³-hybridized carbons (Fsp3) is 0.538. The van der Waals surface area contributed by atoms with Gasteiger partial charge in [-0.05, 0) is 19.6 Å². The standard InChI is InChI=1S/C13H21N5S/c1-4-14-11-9-18-8-7-16-13(18)12(17-11)15-6-5-10(2)19-3/h7-10,14H,4-6H2,1-3H3,(H,15,17). The van der Waals surface area contributed by atoms with Gasteiger partial charge in [0.15, 0.2) is 11.5 Å². The van der Waals surface area contributed by atoms with E-state index in [0.717, 1.165) is 36.8 Å². The lowest BCUT2D eigenvalue weighted by molar-refractivity contribution is 0.849. The molecule has 0 spiro atoms. The van der Waals surface area contributed by atoms with Crippen LogP contribution in [0.5, 0.6) is 0 Å². The Morgan fingerprint density at radius 3 is 3.00 bits per heavy atom. The van der Waals surface area contributed by atoms with E-state index >= 15 is 0 Å². The molecule has 2 aromatic rings. The maximum atomic E-state index is 4.57. The maximum absolute atomic E-state index is 4.57. The second kappa shape index (κ2) is 6.65. The molecule has 0 saturated carbocycles. The van der Waals surface area contributed by atoms with Crippen molar-refractivity contribution in [1.82, 2.24) is 14.4 Å². The summed E-state index contributed by atoms with van der Waals surface area (Å²) in [7, 11) is 0. The van der Waals surface area contributed by atoms with Gasteiger partial charge in [-0.1, -0.05) is 6.92 Å². The van der Waals surface area contributed by atoms with Crippen molar-refractivity contribution in [2.24, 2.45) is 0 Å². The second-order valence-corrected chi connectivity index (χ2v) is 5.70. The number of hydrogen-bond acceptors (Lipinski definition) is 5. The molecule has 5 nitrogen and oxygen atoms in total. The van der Waals surface area contributed by atoms with Crippen LogP contribution in [-0.4, -0.2) is 39.0 Å². The van der Waals surface area contributed by atoms with E-state index in [2.05, 4.69) is 40.7 Å². The molecule has 0 saturated heterocycles. The van der Waals surface area contributed by atoms with Gasteiger partial charge in [-0.3, -0.25) is 0 Å². The molecular formula is C13H21N5S. The molecule has 0 bridgehead atoms. The fourth-order valence-corrected chi connectivity index (χ4v) is 2.18. The molecule has 0 fully saturated rings. The lowest BCUT2D eigenvalue weighted by atomic mass is 10.3. The molecule has 2 N–H and O–H groups in total. The monoisotopic (exact) mass is 279 g/mol. The molecule has 0 aromatic carbocycles. The van der Waals surface area contributed by atoms with Crippen molar-refractivity contribution in [3.63, 3.8) is 0 Å². The summed E-state index contributed by atoms with van der Waals surface area (Å²) in [5.74, 6) is 1.71. The number of fused-ring (bicyclic) bond motifs is 1. The highest BCUT2D eigenvalue weighted by Gasteiger charge is 2.07. The van der Waals surface area contributed by atoms with Gasteiger partial charge < -0.3 is 15.0 Å². The number of aromatic nitrogens is 3. The summed E-state index contributed by atoms with van der Waals surface area (Å²) < 4.78 is 1.99. The molecule has 2 heterocycles. The van der Waals surface area contributed by atoms with Gasteiger partial charge in [-0.2, -0.15) is 11.8 Å². The van der Waals surface area contributed by atoms with Gasteiger partial charge in [0.2, 0.25) is 0 Å². The van der Waals surface area contributed by atoms with Crippen LogP contribution in [0.2, 0.25) is 0 Å². The van der Waals surface area contributed by atoms with E-state index < -0.39 is 0 Å². The average Bonchev–Trinajstić information content (AvgIpc) is 2.87. The molecule has 0 aliphatic carbocycles. The van der Waals surface area contributed by atoms with E-state index in [1.54, 1.807) is 6.20 Å². The highest BCUT2D eigenvalue weighted by Crippen LogP contribution is 2.17. The first kappa shape index (κ1) is 14.0. The van der Waals surface area contributed by atoms with Gasteiger partial charge in [0, 0.05) is 30.7 Å². The summed E-state index contributed by atoms with van der Waals surface area (Å²) in [6.07, 6.45) is 8.94. The Kier molecular flexibility index (Phi) is 4.90. The van der Waals surface area contributed by atoms with Gasteiger partial charge in [0.25, 0.3) is 0 Å². The summed E-state index contributed by atoms with van der Waals surface area (Å²) in [5, 5.41) is 7.28. The normalized spacial score (nSPS) is 12.6. The number of anilines is 2. The molecule has 0 radical (unpaired) electrons. The molecule has 19 heavy (non-hydrogen) atoms. The Bertz CT molecular complexity index is 525. The molecule has 0 aliphatic rings. The Morgan fingerprint density at radius 1 is 1.42 bits per heavy atom.